The molecule has 1 aromatic rings. The Labute approximate surface area is 64.5 Å². The monoisotopic (exact) mass is 151 g/mol. The van der Waals surface area contributed by atoms with E-state index >= 15 is 0 Å². The number of nitrogens with zero attached hydrogens (tertiary/aromatic N) is 3. The molecule has 0 aromatic carbocycles. The van der Waals surface area contributed by atoms with Gasteiger partial charge in [-0.25, -0.2) is 5.53 Å². The van der Waals surface area contributed by atoms with E-state index in [1.165, 1.54) is 0 Å². The average Bonchev–Trinajstić information content (AvgIpc) is 2.10. The molecule has 0 atom stereocenters. The van der Waals surface area contributed by atoms with E-state index in [-0.39, 0.29) is 0 Å². The fourth-order valence-electron chi connectivity index (χ4n) is 0.346. The highest BCUT2D eigenvalue weighted by molar-refractivity contribution is 5.52. The van der Waals surface area contributed by atoms with Crippen LogP contribution in [0.3, 0.4) is 0 Å². The molecular formula is C6H9N5. The molecule has 0 spiro atoms. The number of rotatable bonds is 1. The maximum Gasteiger partial charge on any atom is 0.156 e. The molecular weight excluding hydrogens is 142 g/mol. The molecule has 0 radical (unpaired) electrons. The normalized spacial score (nSPS) is 8.36. The zero-order valence-corrected chi connectivity index (χ0v) is 5.88. The first-order valence-corrected chi connectivity index (χ1v) is 2.85. The molecule has 0 unspecified atom stereocenters. The molecule has 11 heavy (non-hydrogen) atoms. The molecule has 0 aliphatic rings. The van der Waals surface area contributed by atoms with Crippen molar-refractivity contribution in [3.05, 3.63) is 30.6 Å². The minimum absolute atomic E-state index is 0.944. The smallest absolute Gasteiger partial charge is 0.156 e. The van der Waals surface area contributed by atoms with Crippen molar-refractivity contribution in [2.75, 3.05) is 0 Å². The van der Waals surface area contributed by atoms with Gasteiger partial charge in [0.15, 0.2) is 6.34 Å². The molecule has 0 aliphatic heterocycles. The summed E-state index contributed by atoms with van der Waals surface area (Å²) in [5, 5.41) is 5.56. The van der Waals surface area contributed by atoms with E-state index in [1.54, 1.807) is 12.4 Å². The van der Waals surface area contributed by atoms with Gasteiger partial charge in [-0.05, 0) is 12.1 Å². The molecule has 1 rings (SSSR count). The fourth-order valence-corrected chi connectivity index (χ4v) is 0.346. The number of hydrogen-bond donors (Lipinski definition) is 2. The van der Waals surface area contributed by atoms with E-state index in [2.05, 4.69) is 21.0 Å². The Morgan fingerprint density at radius 2 is 1.91 bits per heavy atom. The zero-order chi connectivity index (χ0) is 8.36. The molecule has 1 heterocycles. The largest absolute Gasteiger partial charge is 0.322 e. The Morgan fingerprint density at radius 3 is 2.00 bits per heavy atom. The van der Waals surface area contributed by atoms with E-state index in [1.807, 2.05) is 18.2 Å². The van der Waals surface area contributed by atoms with Gasteiger partial charge in [0.05, 0.1) is 0 Å². The standard InChI is InChI=1S/C5H5N.CH4N4/c1-2-4-6-5-3-1;2-4-1-5-3/h1-5H;1-2H,3H2. The molecule has 5 nitrogen and oxygen atoms in total. The van der Waals surface area contributed by atoms with Crippen molar-refractivity contribution in [2.45, 2.75) is 0 Å². The summed E-state index contributed by atoms with van der Waals surface area (Å²) in [5.74, 6) is 4.49. The Kier molecular flexibility index (Phi) is 6.89. The molecule has 0 fully saturated rings. The van der Waals surface area contributed by atoms with Gasteiger partial charge < -0.3 is 5.84 Å². The van der Waals surface area contributed by atoms with E-state index in [0.717, 1.165) is 6.34 Å². The first kappa shape index (κ1) is 9.22. The Morgan fingerprint density at radius 1 is 1.27 bits per heavy atom. The predicted molar refractivity (Wildman–Crippen MR) is 42.1 cm³/mol. The highest BCUT2D eigenvalue weighted by Crippen LogP contribution is 1.73. The van der Waals surface area contributed by atoms with Crippen molar-refractivity contribution < 1.29 is 0 Å². The van der Waals surface area contributed by atoms with Gasteiger partial charge in [-0.3, -0.25) is 4.98 Å². The van der Waals surface area contributed by atoms with E-state index in [4.69, 9.17) is 5.53 Å². The highest BCUT2D eigenvalue weighted by atomic mass is 15.2. The van der Waals surface area contributed by atoms with Crippen LogP contribution in [0.15, 0.2) is 40.8 Å². The lowest BCUT2D eigenvalue weighted by Gasteiger charge is -1.70. The summed E-state index contributed by atoms with van der Waals surface area (Å²) in [6.07, 6.45) is 4.44. The maximum atomic E-state index is 6.00. The summed E-state index contributed by atoms with van der Waals surface area (Å²) < 4.78 is 0. The molecule has 1 aromatic heterocycles. The Balaban J connectivity index is 0.000000187. The van der Waals surface area contributed by atoms with Crippen molar-refractivity contribution in [2.24, 2.45) is 16.1 Å². The van der Waals surface area contributed by atoms with Crippen LogP contribution in [0.4, 0.5) is 0 Å². The van der Waals surface area contributed by atoms with E-state index in [0.29, 0.717) is 0 Å². The summed E-state index contributed by atoms with van der Waals surface area (Å²) in [7, 11) is 0. The van der Waals surface area contributed by atoms with Crippen LogP contribution in [-0.2, 0) is 0 Å². The molecule has 5 heteroatoms. The van der Waals surface area contributed by atoms with Gasteiger partial charge in [0.2, 0.25) is 0 Å². The number of hydrogen-bond acceptors (Lipinski definition) is 4. The number of pyridine rings is 1. The van der Waals surface area contributed by atoms with Gasteiger partial charge in [0.25, 0.3) is 0 Å². The van der Waals surface area contributed by atoms with Crippen molar-refractivity contribution in [1.82, 2.24) is 4.98 Å². The quantitative estimate of drug-likeness (QED) is 0.206. The first-order chi connectivity index (χ1) is 5.41. The lowest BCUT2D eigenvalue weighted by Crippen LogP contribution is -1.75. The number of hydrazone groups is 1. The molecule has 0 aliphatic carbocycles. The summed E-state index contributed by atoms with van der Waals surface area (Å²) in [5.41, 5.74) is 6.00. The second-order valence-electron chi connectivity index (χ2n) is 1.42. The third-order valence-corrected chi connectivity index (χ3v) is 0.691. The second kappa shape index (κ2) is 8.22. The van der Waals surface area contributed by atoms with Crippen molar-refractivity contribution in [3.8, 4) is 0 Å². The second-order valence-corrected chi connectivity index (χ2v) is 1.42. The van der Waals surface area contributed by atoms with Crippen molar-refractivity contribution in [3.63, 3.8) is 0 Å². The fraction of sp³-hybridized carbons (Fsp3) is 0. The number of nitrogens with two attached hydrogens (primary N) is 1. The molecule has 0 amide bonds. The van der Waals surface area contributed by atoms with Gasteiger partial charge in [-0.1, -0.05) is 6.07 Å². The van der Waals surface area contributed by atoms with Crippen molar-refractivity contribution >= 4 is 6.34 Å². The lowest BCUT2D eigenvalue weighted by molar-refractivity contribution is 1.17. The molecule has 0 bridgehead atoms. The summed E-state index contributed by atoms with van der Waals surface area (Å²) in [6.45, 7) is 0. The van der Waals surface area contributed by atoms with Crippen LogP contribution in [0, 0.1) is 5.53 Å². The van der Waals surface area contributed by atoms with Crippen molar-refractivity contribution in [1.29, 1.82) is 5.53 Å². The molecule has 0 saturated carbocycles. The van der Waals surface area contributed by atoms with E-state index in [9.17, 15) is 0 Å². The molecule has 3 N–H and O–H groups in total. The van der Waals surface area contributed by atoms with Gasteiger partial charge in [-0.15, -0.1) is 5.11 Å². The van der Waals surface area contributed by atoms with Crippen LogP contribution in [0.25, 0.3) is 0 Å². The van der Waals surface area contributed by atoms with Crippen LogP contribution < -0.4 is 5.84 Å². The zero-order valence-electron chi connectivity index (χ0n) is 5.88. The number of nitrogens with one attached hydrogen (secondary N) is 1. The third-order valence-electron chi connectivity index (χ3n) is 0.691. The maximum absolute atomic E-state index is 6.00. The minimum Gasteiger partial charge on any atom is -0.322 e. The lowest BCUT2D eigenvalue weighted by atomic mass is 10.5. The van der Waals surface area contributed by atoms with Gasteiger partial charge in [0, 0.05) is 12.4 Å². The van der Waals surface area contributed by atoms with Crippen LogP contribution >= 0.6 is 0 Å². The van der Waals surface area contributed by atoms with Crippen LogP contribution in [0.5, 0.6) is 0 Å². The predicted octanol–water partition coefficient (Wildman–Crippen LogP) is 1.00. The molecule has 0 saturated heterocycles. The summed E-state index contributed by atoms with van der Waals surface area (Å²) in [4.78, 5) is 3.78. The van der Waals surface area contributed by atoms with Gasteiger partial charge >= 0.3 is 0 Å². The summed E-state index contributed by atoms with van der Waals surface area (Å²) >= 11 is 0. The van der Waals surface area contributed by atoms with E-state index < -0.39 is 0 Å². The highest BCUT2D eigenvalue weighted by Gasteiger charge is 1.58. The van der Waals surface area contributed by atoms with Crippen LogP contribution in [0.1, 0.15) is 0 Å². The number of aromatic nitrogens is 1. The first-order valence-electron chi connectivity index (χ1n) is 2.85. The van der Waals surface area contributed by atoms with Gasteiger partial charge in [0.1, 0.15) is 0 Å². The summed E-state index contributed by atoms with van der Waals surface area (Å²) in [6, 6.07) is 5.72. The average molecular weight is 151 g/mol. The van der Waals surface area contributed by atoms with Gasteiger partial charge in [-0.2, -0.15) is 5.10 Å². The Bertz CT molecular complexity index is 169. The molecule has 58 valence electrons. The SMILES string of the molecule is N=NC=NN.c1ccncc1. The topological polar surface area (TPSA) is 87.5 Å². The van der Waals surface area contributed by atoms with Crippen LogP contribution in [0.2, 0.25) is 0 Å². The minimum atomic E-state index is 0.944. The van der Waals surface area contributed by atoms with Crippen LogP contribution in [-0.4, -0.2) is 11.3 Å². The third kappa shape index (κ3) is 8.22. The Hall–Kier alpha value is -1.78.